The Labute approximate surface area is 99.6 Å². The number of benzene rings is 1. The van der Waals surface area contributed by atoms with E-state index >= 15 is 0 Å². The zero-order chi connectivity index (χ0) is 13.1. The van der Waals surface area contributed by atoms with E-state index in [4.69, 9.17) is 10.8 Å². The van der Waals surface area contributed by atoms with E-state index in [0.29, 0.717) is 11.3 Å². The summed E-state index contributed by atoms with van der Waals surface area (Å²) in [4.78, 5) is 22.4. The third kappa shape index (κ3) is 4.14. The molecule has 0 heterocycles. The van der Waals surface area contributed by atoms with Gasteiger partial charge in [-0.15, -0.1) is 0 Å². The van der Waals surface area contributed by atoms with Crippen molar-refractivity contribution in [2.75, 3.05) is 5.73 Å². The van der Waals surface area contributed by atoms with E-state index in [1.807, 2.05) is 0 Å². The number of amides is 1. The zero-order valence-electron chi connectivity index (χ0n) is 9.86. The number of carbonyl (C=O) groups excluding carboxylic acids is 1. The topological polar surface area (TPSA) is 92.4 Å². The summed E-state index contributed by atoms with van der Waals surface area (Å²) >= 11 is 0. The van der Waals surface area contributed by atoms with Gasteiger partial charge in [-0.05, 0) is 38.1 Å². The molecule has 0 aliphatic carbocycles. The van der Waals surface area contributed by atoms with Crippen molar-refractivity contribution in [2.45, 2.75) is 25.8 Å². The Hall–Kier alpha value is -2.04. The molecule has 0 atom stereocenters. The third-order valence-corrected chi connectivity index (χ3v) is 2.22. The summed E-state index contributed by atoms with van der Waals surface area (Å²) in [5, 5.41) is 11.4. The van der Waals surface area contributed by atoms with Crippen molar-refractivity contribution in [2.24, 2.45) is 0 Å². The maximum atomic E-state index is 11.8. The quantitative estimate of drug-likeness (QED) is 0.686. The van der Waals surface area contributed by atoms with Gasteiger partial charge in [0.1, 0.15) is 0 Å². The normalized spacial score (nSPS) is 10.9. The second-order valence-corrected chi connectivity index (χ2v) is 4.53. The van der Waals surface area contributed by atoms with Gasteiger partial charge in [-0.3, -0.25) is 9.59 Å². The Morgan fingerprint density at radius 1 is 1.29 bits per heavy atom. The van der Waals surface area contributed by atoms with Crippen LogP contribution in [0.4, 0.5) is 5.69 Å². The van der Waals surface area contributed by atoms with Crippen molar-refractivity contribution >= 4 is 17.6 Å². The van der Waals surface area contributed by atoms with Crippen LogP contribution in [0.5, 0.6) is 0 Å². The van der Waals surface area contributed by atoms with Crippen LogP contribution >= 0.6 is 0 Å². The smallest absolute Gasteiger partial charge is 0.305 e. The Bertz CT molecular complexity index is 424. The Balaban J connectivity index is 2.72. The van der Waals surface area contributed by atoms with Gasteiger partial charge in [-0.25, -0.2) is 0 Å². The van der Waals surface area contributed by atoms with Gasteiger partial charge in [0.15, 0.2) is 0 Å². The molecule has 5 nitrogen and oxygen atoms in total. The third-order valence-electron chi connectivity index (χ3n) is 2.22. The number of anilines is 1. The summed E-state index contributed by atoms with van der Waals surface area (Å²) in [6, 6.07) is 6.45. The summed E-state index contributed by atoms with van der Waals surface area (Å²) < 4.78 is 0. The molecular formula is C12H16N2O3. The molecule has 0 aliphatic heterocycles. The van der Waals surface area contributed by atoms with Crippen molar-refractivity contribution in [3.63, 3.8) is 0 Å². The molecule has 1 aromatic carbocycles. The minimum atomic E-state index is -0.951. The van der Waals surface area contributed by atoms with Crippen LogP contribution in [0, 0.1) is 0 Å². The Morgan fingerprint density at radius 3 is 2.29 bits per heavy atom. The van der Waals surface area contributed by atoms with Crippen molar-refractivity contribution in [3.8, 4) is 0 Å². The molecule has 0 saturated carbocycles. The summed E-state index contributed by atoms with van der Waals surface area (Å²) in [5.41, 5.74) is 5.75. The molecule has 92 valence electrons. The largest absolute Gasteiger partial charge is 0.481 e. The number of aliphatic carboxylic acids is 1. The van der Waals surface area contributed by atoms with Gasteiger partial charge in [0, 0.05) is 16.8 Å². The number of nitrogens with one attached hydrogen (secondary N) is 1. The summed E-state index contributed by atoms with van der Waals surface area (Å²) in [7, 11) is 0. The van der Waals surface area contributed by atoms with E-state index in [0.717, 1.165) is 0 Å². The van der Waals surface area contributed by atoms with Crippen molar-refractivity contribution < 1.29 is 14.7 Å². The number of nitrogens with two attached hydrogens (primary N) is 1. The molecule has 0 aromatic heterocycles. The molecule has 0 bridgehead atoms. The highest BCUT2D eigenvalue weighted by molar-refractivity contribution is 5.95. The fourth-order valence-electron chi connectivity index (χ4n) is 1.44. The van der Waals surface area contributed by atoms with Crippen molar-refractivity contribution in [1.29, 1.82) is 0 Å². The minimum Gasteiger partial charge on any atom is -0.481 e. The number of hydrogen-bond donors (Lipinski definition) is 3. The zero-order valence-corrected chi connectivity index (χ0v) is 9.86. The molecule has 1 rings (SSSR count). The lowest BCUT2D eigenvalue weighted by molar-refractivity contribution is -0.138. The summed E-state index contributed by atoms with van der Waals surface area (Å²) in [6.07, 6.45) is -0.131. The number of carbonyl (C=O) groups is 2. The van der Waals surface area contributed by atoms with E-state index in [-0.39, 0.29) is 12.3 Å². The fourth-order valence-corrected chi connectivity index (χ4v) is 1.44. The molecule has 0 radical (unpaired) electrons. The van der Waals surface area contributed by atoms with Crippen LogP contribution in [0.15, 0.2) is 24.3 Å². The molecular weight excluding hydrogens is 220 g/mol. The van der Waals surface area contributed by atoms with Crippen LogP contribution < -0.4 is 11.1 Å². The van der Waals surface area contributed by atoms with Gasteiger partial charge in [-0.1, -0.05) is 0 Å². The van der Waals surface area contributed by atoms with Gasteiger partial charge in [0.25, 0.3) is 5.91 Å². The molecule has 0 unspecified atom stereocenters. The standard InChI is InChI=1S/C12H16N2O3/c1-12(2,7-10(15)16)14-11(17)8-3-5-9(13)6-4-8/h3-6H,7,13H2,1-2H3,(H,14,17)(H,15,16). The molecule has 0 aliphatic rings. The van der Waals surface area contributed by atoms with Crippen LogP contribution in [-0.2, 0) is 4.79 Å². The average molecular weight is 236 g/mol. The van der Waals surface area contributed by atoms with E-state index in [1.54, 1.807) is 38.1 Å². The first-order valence-electron chi connectivity index (χ1n) is 5.20. The number of nitrogen functional groups attached to an aromatic ring is 1. The van der Waals surface area contributed by atoms with Gasteiger partial charge in [-0.2, -0.15) is 0 Å². The van der Waals surface area contributed by atoms with Crippen molar-refractivity contribution in [3.05, 3.63) is 29.8 Å². The molecule has 1 aromatic rings. The molecule has 17 heavy (non-hydrogen) atoms. The van der Waals surface area contributed by atoms with E-state index in [9.17, 15) is 9.59 Å². The van der Waals surface area contributed by atoms with Gasteiger partial charge < -0.3 is 16.2 Å². The van der Waals surface area contributed by atoms with Crippen LogP contribution in [0.3, 0.4) is 0 Å². The summed E-state index contributed by atoms with van der Waals surface area (Å²) in [6.45, 7) is 3.33. The SMILES string of the molecule is CC(C)(CC(=O)O)NC(=O)c1ccc(N)cc1. The van der Waals surface area contributed by atoms with Crippen LogP contribution in [0.2, 0.25) is 0 Å². The molecule has 0 spiro atoms. The minimum absolute atomic E-state index is 0.131. The Morgan fingerprint density at radius 2 is 1.82 bits per heavy atom. The highest BCUT2D eigenvalue weighted by atomic mass is 16.4. The highest BCUT2D eigenvalue weighted by Gasteiger charge is 2.24. The number of hydrogen-bond acceptors (Lipinski definition) is 3. The van der Waals surface area contributed by atoms with Crippen LogP contribution in [0.25, 0.3) is 0 Å². The second kappa shape index (κ2) is 4.86. The lowest BCUT2D eigenvalue weighted by Gasteiger charge is -2.24. The molecule has 1 amide bonds. The van der Waals surface area contributed by atoms with E-state index in [1.165, 1.54) is 0 Å². The highest BCUT2D eigenvalue weighted by Crippen LogP contribution is 2.11. The number of carboxylic acids is 1. The second-order valence-electron chi connectivity index (χ2n) is 4.53. The number of rotatable bonds is 4. The first kappa shape index (κ1) is 13.0. The predicted octanol–water partition coefficient (Wildman–Crippen LogP) is 1.25. The molecule has 0 saturated heterocycles. The van der Waals surface area contributed by atoms with E-state index < -0.39 is 11.5 Å². The molecule has 5 heteroatoms. The van der Waals surface area contributed by atoms with Crippen LogP contribution in [0.1, 0.15) is 30.6 Å². The van der Waals surface area contributed by atoms with Gasteiger partial charge in [0.05, 0.1) is 6.42 Å². The van der Waals surface area contributed by atoms with Gasteiger partial charge >= 0.3 is 5.97 Å². The monoisotopic (exact) mass is 236 g/mol. The van der Waals surface area contributed by atoms with Crippen LogP contribution in [-0.4, -0.2) is 22.5 Å². The van der Waals surface area contributed by atoms with E-state index in [2.05, 4.69) is 5.32 Å². The first-order valence-corrected chi connectivity index (χ1v) is 5.20. The average Bonchev–Trinajstić information content (AvgIpc) is 2.15. The van der Waals surface area contributed by atoms with Gasteiger partial charge in [0.2, 0.25) is 0 Å². The Kier molecular flexibility index (Phi) is 3.73. The fraction of sp³-hybridized carbons (Fsp3) is 0.333. The maximum absolute atomic E-state index is 11.8. The predicted molar refractivity (Wildman–Crippen MR) is 64.7 cm³/mol. The first-order chi connectivity index (χ1) is 7.80. The lowest BCUT2D eigenvalue weighted by atomic mass is 10.00. The maximum Gasteiger partial charge on any atom is 0.305 e. The number of carboxylic acid groups (broad SMARTS) is 1. The molecule has 0 fully saturated rings. The summed E-state index contributed by atoms with van der Waals surface area (Å²) in [5.74, 6) is -1.26. The lowest BCUT2D eigenvalue weighted by Crippen LogP contribution is -2.44. The molecule has 4 N–H and O–H groups in total. The van der Waals surface area contributed by atoms with Crippen molar-refractivity contribution in [1.82, 2.24) is 5.32 Å².